The highest BCUT2D eigenvalue weighted by atomic mass is 16.3. The van der Waals surface area contributed by atoms with Gasteiger partial charge < -0.3 is 9.52 Å². The van der Waals surface area contributed by atoms with Gasteiger partial charge in [-0.05, 0) is 33.2 Å². The second-order valence-electron chi connectivity index (χ2n) is 5.39. The van der Waals surface area contributed by atoms with Crippen molar-refractivity contribution in [3.8, 4) is 0 Å². The van der Waals surface area contributed by atoms with Gasteiger partial charge in [0.05, 0.1) is 5.69 Å². The van der Waals surface area contributed by atoms with Crippen LogP contribution in [0.4, 0.5) is 0 Å². The number of piperidine rings is 1. The van der Waals surface area contributed by atoms with Gasteiger partial charge in [-0.1, -0.05) is 6.42 Å². The summed E-state index contributed by atoms with van der Waals surface area (Å²) >= 11 is 0. The summed E-state index contributed by atoms with van der Waals surface area (Å²) in [6.07, 6.45) is 6.99. The molecular formula is C14H24N2O2. The molecule has 2 heterocycles. The van der Waals surface area contributed by atoms with Crippen LogP contribution in [0.3, 0.4) is 0 Å². The molecule has 1 aromatic heterocycles. The van der Waals surface area contributed by atoms with Crippen LogP contribution in [0, 0.1) is 0 Å². The second kappa shape index (κ2) is 6.34. The van der Waals surface area contributed by atoms with E-state index in [2.05, 4.69) is 23.7 Å². The molecule has 1 aliphatic rings. The van der Waals surface area contributed by atoms with Crippen LogP contribution in [-0.2, 0) is 12.8 Å². The third kappa shape index (κ3) is 3.33. The molecule has 0 aromatic carbocycles. The topological polar surface area (TPSA) is 49.5 Å². The summed E-state index contributed by atoms with van der Waals surface area (Å²) in [6.45, 7) is 5.83. The van der Waals surface area contributed by atoms with Crippen LogP contribution in [0.15, 0.2) is 10.7 Å². The minimum absolute atomic E-state index is 0.132. The van der Waals surface area contributed by atoms with E-state index >= 15 is 0 Å². The van der Waals surface area contributed by atoms with E-state index < -0.39 is 0 Å². The zero-order valence-electron chi connectivity index (χ0n) is 11.4. The monoisotopic (exact) mass is 252 g/mol. The first kappa shape index (κ1) is 13.6. The SMILES string of the molecule is CC(C)N1CCCCC1Cc1nc(CCO)co1. The third-order valence-electron chi connectivity index (χ3n) is 3.71. The lowest BCUT2D eigenvalue weighted by Gasteiger charge is -2.38. The maximum Gasteiger partial charge on any atom is 0.195 e. The van der Waals surface area contributed by atoms with Gasteiger partial charge in [-0.3, -0.25) is 4.90 Å². The maximum atomic E-state index is 8.88. The van der Waals surface area contributed by atoms with Crippen molar-refractivity contribution in [2.75, 3.05) is 13.2 Å². The van der Waals surface area contributed by atoms with E-state index in [-0.39, 0.29) is 6.61 Å². The lowest BCUT2D eigenvalue weighted by atomic mass is 9.98. The van der Waals surface area contributed by atoms with Crippen molar-refractivity contribution in [2.24, 2.45) is 0 Å². The van der Waals surface area contributed by atoms with Gasteiger partial charge in [-0.25, -0.2) is 4.98 Å². The Labute approximate surface area is 109 Å². The third-order valence-corrected chi connectivity index (χ3v) is 3.71. The molecule has 0 aliphatic carbocycles. The molecular weight excluding hydrogens is 228 g/mol. The number of rotatable bonds is 5. The van der Waals surface area contributed by atoms with E-state index in [1.54, 1.807) is 6.26 Å². The zero-order chi connectivity index (χ0) is 13.0. The minimum atomic E-state index is 0.132. The molecule has 1 aromatic rings. The van der Waals surface area contributed by atoms with Gasteiger partial charge in [0.1, 0.15) is 6.26 Å². The van der Waals surface area contributed by atoms with Crippen LogP contribution >= 0.6 is 0 Å². The standard InChI is InChI=1S/C14H24N2O2/c1-11(2)16-7-4-3-5-13(16)9-14-15-12(6-8-17)10-18-14/h10-11,13,17H,3-9H2,1-2H3. The van der Waals surface area contributed by atoms with Crippen LogP contribution in [0.2, 0.25) is 0 Å². The molecule has 1 atom stereocenters. The van der Waals surface area contributed by atoms with Gasteiger partial charge in [0.15, 0.2) is 5.89 Å². The van der Waals surface area contributed by atoms with Gasteiger partial charge in [0.25, 0.3) is 0 Å². The van der Waals surface area contributed by atoms with Crippen molar-refractivity contribution in [2.45, 2.75) is 58.0 Å². The molecule has 1 unspecified atom stereocenters. The fourth-order valence-electron chi connectivity index (χ4n) is 2.80. The summed E-state index contributed by atoms with van der Waals surface area (Å²) < 4.78 is 5.50. The number of aliphatic hydroxyl groups is 1. The first-order valence-electron chi connectivity index (χ1n) is 7.00. The molecule has 1 saturated heterocycles. The lowest BCUT2D eigenvalue weighted by Crippen LogP contribution is -2.45. The van der Waals surface area contributed by atoms with Crippen LogP contribution in [0.5, 0.6) is 0 Å². The van der Waals surface area contributed by atoms with Crippen molar-refractivity contribution in [1.82, 2.24) is 9.88 Å². The summed E-state index contributed by atoms with van der Waals surface area (Å²) in [7, 11) is 0. The largest absolute Gasteiger partial charge is 0.449 e. The number of nitrogens with zero attached hydrogens (tertiary/aromatic N) is 2. The highest BCUT2D eigenvalue weighted by Gasteiger charge is 2.25. The quantitative estimate of drug-likeness (QED) is 0.871. The van der Waals surface area contributed by atoms with Crippen molar-refractivity contribution < 1.29 is 9.52 Å². The maximum absolute atomic E-state index is 8.88. The predicted molar refractivity (Wildman–Crippen MR) is 70.5 cm³/mol. The van der Waals surface area contributed by atoms with Crippen LogP contribution in [0.1, 0.15) is 44.7 Å². The van der Waals surface area contributed by atoms with E-state index in [0.29, 0.717) is 18.5 Å². The number of likely N-dealkylation sites (tertiary alicyclic amines) is 1. The van der Waals surface area contributed by atoms with Crippen molar-refractivity contribution >= 4 is 0 Å². The van der Waals surface area contributed by atoms with Crippen molar-refractivity contribution in [1.29, 1.82) is 0 Å². The Morgan fingerprint density at radius 3 is 3.06 bits per heavy atom. The second-order valence-corrected chi connectivity index (χ2v) is 5.39. The average Bonchev–Trinajstić information content (AvgIpc) is 2.77. The number of hydrogen-bond donors (Lipinski definition) is 1. The van der Waals surface area contributed by atoms with Crippen LogP contribution in [0.25, 0.3) is 0 Å². The zero-order valence-corrected chi connectivity index (χ0v) is 11.4. The molecule has 4 nitrogen and oxygen atoms in total. The molecule has 0 bridgehead atoms. The molecule has 0 amide bonds. The highest BCUT2D eigenvalue weighted by Crippen LogP contribution is 2.22. The summed E-state index contributed by atoms with van der Waals surface area (Å²) in [4.78, 5) is 6.99. The number of oxazole rings is 1. The van der Waals surface area contributed by atoms with E-state index in [0.717, 1.165) is 18.0 Å². The van der Waals surface area contributed by atoms with Gasteiger partial charge >= 0.3 is 0 Å². The molecule has 1 aliphatic heterocycles. The Morgan fingerprint density at radius 1 is 1.50 bits per heavy atom. The Bertz CT molecular complexity index is 362. The van der Waals surface area contributed by atoms with Gasteiger partial charge in [-0.15, -0.1) is 0 Å². The van der Waals surface area contributed by atoms with Crippen LogP contribution < -0.4 is 0 Å². The van der Waals surface area contributed by atoms with Gasteiger partial charge in [0.2, 0.25) is 0 Å². The van der Waals surface area contributed by atoms with Crippen molar-refractivity contribution in [3.05, 3.63) is 17.8 Å². The molecule has 18 heavy (non-hydrogen) atoms. The van der Waals surface area contributed by atoms with E-state index in [1.165, 1.54) is 25.8 Å². The highest BCUT2D eigenvalue weighted by molar-refractivity contribution is 4.99. The minimum Gasteiger partial charge on any atom is -0.449 e. The first-order chi connectivity index (χ1) is 8.70. The van der Waals surface area contributed by atoms with Crippen molar-refractivity contribution in [3.63, 3.8) is 0 Å². The Kier molecular flexibility index (Phi) is 4.78. The number of hydrogen-bond acceptors (Lipinski definition) is 4. The van der Waals surface area contributed by atoms with E-state index in [4.69, 9.17) is 9.52 Å². The number of aliphatic hydroxyl groups excluding tert-OH is 1. The molecule has 0 saturated carbocycles. The summed E-state index contributed by atoms with van der Waals surface area (Å²) in [6, 6.07) is 1.14. The lowest BCUT2D eigenvalue weighted by molar-refractivity contribution is 0.107. The summed E-state index contributed by atoms with van der Waals surface area (Å²) in [5, 5.41) is 8.88. The molecule has 0 radical (unpaired) electrons. The molecule has 1 fully saturated rings. The average molecular weight is 252 g/mol. The fourth-order valence-corrected chi connectivity index (χ4v) is 2.80. The number of aromatic nitrogens is 1. The Hall–Kier alpha value is -0.870. The van der Waals surface area contributed by atoms with Gasteiger partial charge in [0, 0.05) is 31.5 Å². The van der Waals surface area contributed by atoms with Gasteiger partial charge in [-0.2, -0.15) is 0 Å². The normalized spacial score (nSPS) is 21.7. The summed E-state index contributed by atoms with van der Waals surface area (Å²) in [5.41, 5.74) is 0.861. The Morgan fingerprint density at radius 2 is 2.33 bits per heavy atom. The Balaban J connectivity index is 1.97. The fraction of sp³-hybridized carbons (Fsp3) is 0.786. The first-order valence-corrected chi connectivity index (χ1v) is 7.00. The van der Waals surface area contributed by atoms with Crippen LogP contribution in [-0.4, -0.2) is 40.2 Å². The molecule has 1 N–H and O–H groups in total. The smallest absolute Gasteiger partial charge is 0.195 e. The van der Waals surface area contributed by atoms with E-state index in [9.17, 15) is 0 Å². The molecule has 102 valence electrons. The molecule has 0 spiro atoms. The predicted octanol–water partition coefficient (Wildman–Crippen LogP) is 2.01. The molecule has 4 heteroatoms. The summed E-state index contributed by atoms with van der Waals surface area (Å²) in [5.74, 6) is 0.816. The molecule has 2 rings (SSSR count). The van der Waals surface area contributed by atoms with E-state index in [1.807, 2.05) is 0 Å².